The van der Waals surface area contributed by atoms with Gasteiger partial charge >= 0.3 is 5.97 Å². The molecule has 0 radical (unpaired) electrons. The molecular formula is C16H32N2O3. The summed E-state index contributed by atoms with van der Waals surface area (Å²) in [5.41, 5.74) is -0.608. The first kappa shape index (κ1) is 18.4. The lowest BCUT2D eigenvalue weighted by Gasteiger charge is -2.32. The molecule has 0 aromatic rings. The molecule has 1 heterocycles. The van der Waals surface area contributed by atoms with Gasteiger partial charge in [0, 0.05) is 26.2 Å². The molecule has 0 aliphatic carbocycles. The van der Waals surface area contributed by atoms with Crippen molar-refractivity contribution in [2.45, 2.75) is 52.1 Å². The van der Waals surface area contributed by atoms with Crippen LogP contribution in [0, 0.1) is 5.92 Å². The molecule has 0 saturated carbocycles. The van der Waals surface area contributed by atoms with Crippen LogP contribution >= 0.6 is 0 Å². The molecule has 1 saturated heterocycles. The van der Waals surface area contributed by atoms with Gasteiger partial charge in [0.05, 0.1) is 13.2 Å². The Labute approximate surface area is 129 Å². The first-order valence-electron chi connectivity index (χ1n) is 8.07. The molecule has 2 unspecified atom stereocenters. The maximum Gasteiger partial charge on any atom is 0.326 e. The second-order valence-corrected chi connectivity index (χ2v) is 6.51. The zero-order chi connectivity index (χ0) is 15.9. The van der Waals surface area contributed by atoms with Crippen LogP contribution < -0.4 is 5.32 Å². The van der Waals surface area contributed by atoms with Crippen molar-refractivity contribution in [3.05, 3.63) is 0 Å². The Balaban J connectivity index is 2.51. The van der Waals surface area contributed by atoms with Crippen molar-refractivity contribution in [2.75, 3.05) is 40.0 Å². The smallest absolute Gasteiger partial charge is 0.326 e. The number of hydrogen-bond donors (Lipinski definition) is 1. The average molecular weight is 300 g/mol. The zero-order valence-corrected chi connectivity index (χ0v) is 14.3. The number of carbonyl (C=O) groups is 1. The van der Waals surface area contributed by atoms with Gasteiger partial charge in [-0.05, 0) is 53.0 Å². The maximum atomic E-state index is 12.2. The predicted octanol–water partition coefficient (Wildman–Crippen LogP) is 1.66. The van der Waals surface area contributed by atoms with Crippen molar-refractivity contribution in [1.82, 2.24) is 10.2 Å². The minimum atomic E-state index is -0.608. The monoisotopic (exact) mass is 300 g/mol. The van der Waals surface area contributed by atoms with Crippen molar-refractivity contribution >= 4 is 5.97 Å². The molecule has 5 heteroatoms. The Morgan fingerprint density at radius 1 is 1.48 bits per heavy atom. The van der Waals surface area contributed by atoms with Crippen LogP contribution in [-0.2, 0) is 14.3 Å². The van der Waals surface area contributed by atoms with Gasteiger partial charge in [0.15, 0.2) is 0 Å². The van der Waals surface area contributed by atoms with Gasteiger partial charge < -0.3 is 14.4 Å². The fourth-order valence-corrected chi connectivity index (χ4v) is 3.03. The molecule has 0 bridgehead atoms. The van der Waals surface area contributed by atoms with E-state index in [0.29, 0.717) is 12.5 Å². The molecule has 0 aromatic heterocycles. The van der Waals surface area contributed by atoms with Crippen molar-refractivity contribution in [3.63, 3.8) is 0 Å². The molecule has 1 aliphatic rings. The number of likely N-dealkylation sites (tertiary alicyclic amines) is 1. The summed E-state index contributed by atoms with van der Waals surface area (Å²) in [4.78, 5) is 14.7. The SMILES string of the molecule is CCOC(=O)C(C)(CCN1CCC(COC)C1)NC(C)C. The van der Waals surface area contributed by atoms with Gasteiger partial charge in [-0.2, -0.15) is 0 Å². The Bertz CT molecular complexity index is 323. The van der Waals surface area contributed by atoms with Gasteiger partial charge in [-0.1, -0.05) is 0 Å². The molecule has 0 amide bonds. The number of hydrogen-bond acceptors (Lipinski definition) is 5. The van der Waals surface area contributed by atoms with Gasteiger partial charge in [-0.25, -0.2) is 0 Å². The summed E-state index contributed by atoms with van der Waals surface area (Å²) in [5, 5.41) is 3.38. The lowest BCUT2D eigenvalue weighted by Crippen LogP contribution is -2.54. The third-order valence-electron chi connectivity index (χ3n) is 4.03. The fraction of sp³-hybridized carbons (Fsp3) is 0.938. The molecule has 0 aromatic carbocycles. The first-order chi connectivity index (χ1) is 9.91. The minimum Gasteiger partial charge on any atom is -0.465 e. The first-order valence-corrected chi connectivity index (χ1v) is 8.07. The molecule has 1 fully saturated rings. The standard InChI is InChI=1S/C16H32N2O3/c1-6-21-15(19)16(4,17-13(2)3)8-10-18-9-7-14(11-18)12-20-5/h13-14,17H,6-12H2,1-5H3. The second-order valence-electron chi connectivity index (χ2n) is 6.51. The maximum absolute atomic E-state index is 12.2. The quantitative estimate of drug-likeness (QED) is 0.656. The lowest BCUT2D eigenvalue weighted by atomic mass is 9.96. The van der Waals surface area contributed by atoms with Crippen LogP contribution in [0.1, 0.15) is 40.5 Å². The van der Waals surface area contributed by atoms with Crippen LogP contribution in [0.5, 0.6) is 0 Å². The van der Waals surface area contributed by atoms with E-state index in [1.54, 1.807) is 7.11 Å². The van der Waals surface area contributed by atoms with E-state index in [2.05, 4.69) is 24.1 Å². The fourth-order valence-electron chi connectivity index (χ4n) is 3.03. The zero-order valence-electron chi connectivity index (χ0n) is 14.3. The number of rotatable bonds is 9. The summed E-state index contributed by atoms with van der Waals surface area (Å²) in [6.07, 6.45) is 1.95. The summed E-state index contributed by atoms with van der Waals surface area (Å²) in [6, 6.07) is 0.249. The second kappa shape index (κ2) is 8.71. The van der Waals surface area contributed by atoms with Crippen molar-refractivity contribution < 1.29 is 14.3 Å². The van der Waals surface area contributed by atoms with E-state index in [1.807, 2.05) is 13.8 Å². The summed E-state index contributed by atoms with van der Waals surface area (Å²) in [7, 11) is 1.76. The molecular weight excluding hydrogens is 268 g/mol. The van der Waals surface area contributed by atoms with Gasteiger partial charge in [0.25, 0.3) is 0 Å². The molecule has 1 rings (SSSR count). The van der Waals surface area contributed by atoms with Gasteiger partial charge in [-0.15, -0.1) is 0 Å². The summed E-state index contributed by atoms with van der Waals surface area (Å²) in [5.74, 6) is 0.480. The lowest BCUT2D eigenvalue weighted by molar-refractivity contribution is -0.151. The molecule has 1 aliphatic heterocycles. The number of nitrogens with one attached hydrogen (secondary N) is 1. The Morgan fingerprint density at radius 3 is 2.76 bits per heavy atom. The van der Waals surface area contributed by atoms with Crippen LogP contribution in [0.25, 0.3) is 0 Å². The van der Waals surface area contributed by atoms with Crippen LogP contribution in [0.4, 0.5) is 0 Å². The van der Waals surface area contributed by atoms with E-state index < -0.39 is 5.54 Å². The van der Waals surface area contributed by atoms with Crippen molar-refractivity contribution in [2.24, 2.45) is 5.92 Å². The third-order valence-corrected chi connectivity index (χ3v) is 4.03. The highest BCUT2D eigenvalue weighted by atomic mass is 16.5. The summed E-state index contributed by atoms with van der Waals surface area (Å²) < 4.78 is 10.5. The van der Waals surface area contributed by atoms with E-state index >= 15 is 0 Å². The van der Waals surface area contributed by atoms with Crippen LogP contribution in [0.2, 0.25) is 0 Å². The van der Waals surface area contributed by atoms with Crippen LogP contribution in [0.15, 0.2) is 0 Å². The van der Waals surface area contributed by atoms with Gasteiger partial charge in [0.1, 0.15) is 5.54 Å². The van der Waals surface area contributed by atoms with Gasteiger partial charge in [-0.3, -0.25) is 10.1 Å². The molecule has 0 spiro atoms. The summed E-state index contributed by atoms with van der Waals surface area (Å²) in [6.45, 7) is 12.2. The Morgan fingerprint density at radius 2 is 2.19 bits per heavy atom. The highest BCUT2D eigenvalue weighted by Crippen LogP contribution is 2.20. The largest absolute Gasteiger partial charge is 0.465 e. The van der Waals surface area contributed by atoms with Crippen molar-refractivity contribution in [3.8, 4) is 0 Å². The highest BCUT2D eigenvalue weighted by molar-refractivity contribution is 5.80. The van der Waals surface area contributed by atoms with Crippen LogP contribution in [0.3, 0.4) is 0 Å². The third kappa shape index (κ3) is 5.93. The molecule has 21 heavy (non-hydrogen) atoms. The van der Waals surface area contributed by atoms with E-state index in [1.165, 1.54) is 6.42 Å². The molecule has 5 nitrogen and oxygen atoms in total. The number of carbonyl (C=O) groups excluding carboxylic acids is 1. The normalized spacial score (nSPS) is 22.5. The van der Waals surface area contributed by atoms with Gasteiger partial charge in [0.2, 0.25) is 0 Å². The van der Waals surface area contributed by atoms with E-state index in [-0.39, 0.29) is 12.0 Å². The van der Waals surface area contributed by atoms with E-state index in [4.69, 9.17) is 9.47 Å². The highest BCUT2D eigenvalue weighted by Gasteiger charge is 2.36. The molecule has 2 atom stereocenters. The minimum absolute atomic E-state index is 0.147. The average Bonchev–Trinajstić information content (AvgIpc) is 2.84. The molecule has 1 N–H and O–H groups in total. The summed E-state index contributed by atoms with van der Waals surface area (Å²) >= 11 is 0. The number of methoxy groups -OCH3 is 1. The molecule has 124 valence electrons. The Kier molecular flexibility index (Phi) is 7.63. The predicted molar refractivity (Wildman–Crippen MR) is 84.3 cm³/mol. The topological polar surface area (TPSA) is 50.8 Å². The number of esters is 1. The number of ether oxygens (including phenoxy) is 2. The Hall–Kier alpha value is -0.650. The van der Waals surface area contributed by atoms with Crippen molar-refractivity contribution in [1.29, 1.82) is 0 Å². The van der Waals surface area contributed by atoms with E-state index in [0.717, 1.165) is 32.7 Å². The van der Waals surface area contributed by atoms with E-state index in [9.17, 15) is 4.79 Å². The number of nitrogens with zero attached hydrogens (tertiary/aromatic N) is 1. The van der Waals surface area contributed by atoms with Crippen LogP contribution in [-0.4, -0.2) is 62.4 Å².